The van der Waals surface area contributed by atoms with Crippen molar-refractivity contribution in [3.63, 3.8) is 0 Å². The molecule has 1 atom stereocenters. The van der Waals surface area contributed by atoms with Crippen LogP contribution in [0.5, 0.6) is 0 Å². The summed E-state index contributed by atoms with van der Waals surface area (Å²) in [6, 6.07) is 0. The molecule has 0 aliphatic carbocycles. The number of carbonyl (C=O) groups is 6. The number of carboxylic acids is 6. The van der Waals surface area contributed by atoms with E-state index >= 15 is 0 Å². The third-order valence-electron chi connectivity index (χ3n) is 2.53. The molecule has 0 heterocycles. The van der Waals surface area contributed by atoms with E-state index in [0.29, 0.717) is 0 Å². The Hall–Kier alpha value is 0.660. The Labute approximate surface area is 268 Å². The zero-order valence-corrected chi connectivity index (χ0v) is 25.7. The van der Waals surface area contributed by atoms with Gasteiger partial charge in [-0.2, -0.15) is 0 Å². The molecule has 0 saturated heterocycles. The Morgan fingerprint density at radius 3 is 0.969 bits per heavy atom. The summed E-state index contributed by atoms with van der Waals surface area (Å²) in [5, 5.41) is 74.4. The fourth-order valence-corrected chi connectivity index (χ4v) is 1.39. The SMILES string of the molecule is O.O.O=C([O-])CC(O)(CC(=O)O)C(=O)O.O=C([O-])CC(O)(CC(=O)[O-])C(=O)[O-].[Na+].[Na+].[Na+].[Na+]. The molecule has 0 aromatic heterocycles. The van der Waals surface area contributed by atoms with Gasteiger partial charge in [-0.15, -0.1) is 0 Å². The summed E-state index contributed by atoms with van der Waals surface area (Å²) in [5.41, 5.74) is -5.78. The van der Waals surface area contributed by atoms with Crippen LogP contribution in [0.1, 0.15) is 25.7 Å². The predicted molar refractivity (Wildman–Crippen MR) is 70.9 cm³/mol. The fourth-order valence-electron chi connectivity index (χ4n) is 1.39. The largest absolute Gasteiger partial charge is 1.00 e. The van der Waals surface area contributed by atoms with E-state index in [2.05, 4.69) is 0 Å². The summed E-state index contributed by atoms with van der Waals surface area (Å²) < 4.78 is 0. The van der Waals surface area contributed by atoms with Gasteiger partial charge in [-0.25, -0.2) is 4.79 Å². The second kappa shape index (κ2) is 24.8. The molecular formula is C12H16Na4O16. The van der Waals surface area contributed by atoms with Crippen LogP contribution >= 0.6 is 0 Å². The summed E-state index contributed by atoms with van der Waals surface area (Å²) in [4.78, 5) is 60.3. The maximum atomic E-state index is 10.3. The second-order valence-electron chi connectivity index (χ2n) is 4.87. The van der Waals surface area contributed by atoms with E-state index in [4.69, 9.17) is 20.4 Å². The number of carbonyl (C=O) groups excluding carboxylic acids is 4. The molecule has 0 aliphatic heterocycles. The van der Waals surface area contributed by atoms with Gasteiger partial charge < -0.3 is 71.0 Å². The molecule has 164 valence electrons. The smallest absolute Gasteiger partial charge is 0.550 e. The molecular weight excluding hydrogens is 492 g/mol. The maximum Gasteiger partial charge on any atom is 1.00 e. The van der Waals surface area contributed by atoms with Crippen LogP contribution in [0.25, 0.3) is 0 Å². The molecule has 0 aromatic rings. The molecule has 0 amide bonds. The molecule has 0 spiro atoms. The molecule has 8 N–H and O–H groups in total. The Bertz CT molecular complexity index is 526. The Morgan fingerprint density at radius 1 is 0.562 bits per heavy atom. The summed E-state index contributed by atoms with van der Waals surface area (Å²) in [6.45, 7) is 0. The van der Waals surface area contributed by atoms with Crippen LogP contribution in [0, 0.1) is 0 Å². The van der Waals surface area contributed by atoms with Gasteiger partial charge in [0.25, 0.3) is 0 Å². The van der Waals surface area contributed by atoms with Crippen LogP contribution in [0.3, 0.4) is 0 Å². The minimum atomic E-state index is -2.97. The number of hydrogen-bond acceptors (Lipinski definition) is 12. The third-order valence-corrected chi connectivity index (χ3v) is 2.53. The van der Waals surface area contributed by atoms with Crippen LogP contribution in [0.4, 0.5) is 0 Å². The number of hydrogen-bond donors (Lipinski definition) is 4. The number of rotatable bonds is 10. The molecule has 0 saturated carbocycles. The average Bonchev–Trinajstić information content (AvgIpc) is 2.34. The average molecular weight is 508 g/mol. The van der Waals surface area contributed by atoms with E-state index in [1.165, 1.54) is 0 Å². The first-order valence-electron chi connectivity index (χ1n) is 6.26. The van der Waals surface area contributed by atoms with Crippen molar-refractivity contribution in [3.05, 3.63) is 0 Å². The molecule has 32 heavy (non-hydrogen) atoms. The van der Waals surface area contributed by atoms with Crippen molar-refractivity contribution in [2.75, 3.05) is 0 Å². The Morgan fingerprint density at radius 2 is 0.812 bits per heavy atom. The monoisotopic (exact) mass is 508 g/mol. The van der Waals surface area contributed by atoms with Gasteiger partial charge in [0, 0.05) is 37.2 Å². The van der Waals surface area contributed by atoms with E-state index in [1.807, 2.05) is 0 Å². The van der Waals surface area contributed by atoms with E-state index in [9.17, 15) is 49.2 Å². The van der Waals surface area contributed by atoms with Crippen LogP contribution in [-0.4, -0.2) is 78.4 Å². The summed E-state index contributed by atoms with van der Waals surface area (Å²) in [5.74, 6) is -11.3. The maximum absolute atomic E-state index is 10.3. The number of aliphatic hydroxyl groups is 2. The molecule has 1 unspecified atom stereocenters. The molecule has 0 rings (SSSR count). The minimum absolute atomic E-state index is 0. The topological polar surface area (TPSA) is 339 Å². The standard InChI is InChI=1S/2C6H8O7.4Na.2H2O/c2*7-3(8)1-6(13,5(11)12)2-4(9)10;;;;;;/h2*13H,1-2H2,(H,7,8)(H,9,10)(H,11,12);;;;;2*1H2/q;;4*+1;;/p-4. The molecule has 0 radical (unpaired) electrons. The van der Waals surface area contributed by atoms with Crippen molar-refractivity contribution in [2.24, 2.45) is 0 Å². The third kappa shape index (κ3) is 25.3. The fraction of sp³-hybridized carbons (Fsp3) is 0.500. The Balaban J connectivity index is -0.0000000505. The van der Waals surface area contributed by atoms with Crippen molar-refractivity contribution in [1.29, 1.82) is 0 Å². The van der Waals surface area contributed by atoms with Gasteiger partial charge in [0.05, 0.1) is 12.4 Å². The normalized spacial score (nSPS) is 10.3. The van der Waals surface area contributed by atoms with Gasteiger partial charge >= 0.3 is 130 Å². The molecule has 0 bridgehead atoms. The van der Waals surface area contributed by atoms with Crippen LogP contribution < -0.4 is 139 Å². The van der Waals surface area contributed by atoms with Gasteiger partial charge in [-0.05, 0) is 0 Å². The summed E-state index contributed by atoms with van der Waals surface area (Å²) in [7, 11) is 0. The Kier molecular flexibility index (Phi) is 41.7. The van der Waals surface area contributed by atoms with Gasteiger partial charge in [0.15, 0.2) is 5.60 Å². The van der Waals surface area contributed by atoms with Gasteiger partial charge in [0.1, 0.15) is 5.60 Å². The number of aliphatic carboxylic acids is 6. The second-order valence-corrected chi connectivity index (χ2v) is 4.87. The van der Waals surface area contributed by atoms with Crippen LogP contribution in [0.2, 0.25) is 0 Å². The molecule has 0 aromatic carbocycles. The van der Waals surface area contributed by atoms with Crippen molar-refractivity contribution >= 4 is 35.8 Å². The first-order chi connectivity index (χ1) is 11.6. The van der Waals surface area contributed by atoms with E-state index < -0.39 is 72.7 Å². The van der Waals surface area contributed by atoms with Crippen LogP contribution in [0.15, 0.2) is 0 Å². The van der Waals surface area contributed by atoms with Gasteiger partial charge in [0.2, 0.25) is 0 Å². The van der Waals surface area contributed by atoms with Crippen molar-refractivity contribution in [2.45, 2.75) is 36.9 Å². The van der Waals surface area contributed by atoms with Gasteiger partial charge in [-0.3, -0.25) is 4.79 Å². The molecule has 20 heteroatoms. The molecule has 0 aliphatic rings. The van der Waals surface area contributed by atoms with E-state index in [0.717, 1.165) is 0 Å². The van der Waals surface area contributed by atoms with E-state index in [1.54, 1.807) is 0 Å². The van der Waals surface area contributed by atoms with Crippen molar-refractivity contribution in [1.82, 2.24) is 0 Å². The van der Waals surface area contributed by atoms with Crippen LogP contribution in [-0.2, 0) is 28.8 Å². The summed E-state index contributed by atoms with van der Waals surface area (Å²) >= 11 is 0. The zero-order chi connectivity index (χ0) is 21.3. The molecule has 0 fully saturated rings. The minimum Gasteiger partial charge on any atom is -0.550 e. The van der Waals surface area contributed by atoms with Crippen molar-refractivity contribution in [3.8, 4) is 0 Å². The quantitative estimate of drug-likeness (QED) is 0.199. The summed E-state index contributed by atoms with van der Waals surface area (Å²) in [6.07, 6.45) is -5.16. The molecule has 16 nitrogen and oxygen atoms in total. The van der Waals surface area contributed by atoms with Crippen molar-refractivity contribution < 1.29 is 199 Å². The first kappa shape index (κ1) is 53.8. The first-order valence-corrected chi connectivity index (χ1v) is 6.26. The van der Waals surface area contributed by atoms with Gasteiger partial charge in [-0.1, -0.05) is 0 Å². The van der Waals surface area contributed by atoms with E-state index in [-0.39, 0.29) is 129 Å². The predicted octanol–water partition coefficient (Wildman–Crippen LogP) is -21.5. The number of carboxylic acid groups (broad SMARTS) is 6. The zero-order valence-electron chi connectivity index (χ0n) is 17.7.